The summed E-state index contributed by atoms with van der Waals surface area (Å²) in [7, 11) is 1.62. The van der Waals surface area contributed by atoms with Crippen molar-refractivity contribution in [2.45, 2.75) is 46.1 Å². The Labute approximate surface area is 185 Å². The summed E-state index contributed by atoms with van der Waals surface area (Å²) < 4.78 is 5.27. The second-order valence-corrected chi connectivity index (χ2v) is 8.77. The molecule has 3 amide bonds. The first kappa shape index (κ1) is 23.1. The summed E-state index contributed by atoms with van der Waals surface area (Å²) >= 11 is 0. The van der Waals surface area contributed by atoms with E-state index >= 15 is 0 Å². The van der Waals surface area contributed by atoms with Crippen molar-refractivity contribution in [3.05, 3.63) is 29.8 Å². The maximum Gasteiger partial charge on any atom is 0.228 e. The lowest BCUT2D eigenvalue weighted by atomic mass is 9.91. The Hall–Kier alpha value is -2.57. The Morgan fingerprint density at radius 3 is 2.23 bits per heavy atom. The molecule has 170 valence electrons. The molecule has 2 unspecified atom stereocenters. The number of ether oxygens (including phenoxy) is 1. The predicted molar refractivity (Wildman–Crippen MR) is 118 cm³/mol. The molecule has 0 N–H and O–H groups in total. The molecule has 7 heteroatoms. The van der Waals surface area contributed by atoms with Crippen LogP contribution in [0, 0.1) is 11.8 Å². The van der Waals surface area contributed by atoms with E-state index in [1.165, 1.54) is 0 Å². The second kappa shape index (κ2) is 10.2. The number of hydrogen-bond donors (Lipinski definition) is 0. The highest BCUT2D eigenvalue weighted by atomic mass is 16.5. The fourth-order valence-electron chi connectivity index (χ4n) is 4.56. The fraction of sp³-hybridized carbons (Fsp3) is 0.625. The van der Waals surface area contributed by atoms with E-state index in [0.717, 1.165) is 24.2 Å². The van der Waals surface area contributed by atoms with Crippen LogP contribution in [0.5, 0.6) is 5.75 Å². The number of carbonyl (C=O) groups excluding carboxylic acids is 3. The van der Waals surface area contributed by atoms with E-state index in [9.17, 15) is 14.4 Å². The average molecular weight is 430 g/mol. The molecule has 1 aromatic carbocycles. The Bertz CT molecular complexity index is 785. The highest BCUT2D eigenvalue weighted by Crippen LogP contribution is 2.40. The standard InChI is InChI=1S/C24H35N3O4/c1-5-6-11-27-21(28)16-20(22(27)18-7-9-19(31-4)10-8-18)24(30)26-14-12-25(13-15-26)23(29)17(2)3/h7-10,17,20,22H,5-6,11-16H2,1-4H3. The third-order valence-electron chi connectivity index (χ3n) is 6.36. The van der Waals surface area contributed by atoms with Gasteiger partial charge in [-0.25, -0.2) is 0 Å². The van der Waals surface area contributed by atoms with E-state index in [0.29, 0.717) is 32.7 Å². The molecule has 2 aliphatic rings. The SMILES string of the molecule is CCCCN1C(=O)CC(C(=O)N2CCN(C(=O)C(C)C)CC2)C1c1ccc(OC)cc1. The van der Waals surface area contributed by atoms with Crippen LogP contribution >= 0.6 is 0 Å². The molecule has 2 fully saturated rings. The van der Waals surface area contributed by atoms with Crippen molar-refractivity contribution in [1.82, 2.24) is 14.7 Å². The Kier molecular flexibility index (Phi) is 7.57. The third-order valence-corrected chi connectivity index (χ3v) is 6.36. The lowest BCUT2D eigenvalue weighted by Crippen LogP contribution is -2.53. The molecule has 2 atom stereocenters. The lowest BCUT2D eigenvalue weighted by molar-refractivity contribution is -0.144. The van der Waals surface area contributed by atoms with Gasteiger partial charge in [-0.05, 0) is 24.1 Å². The van der Waals surface area contributed by atoms with Gasteiger partial charge in [0.15, 0.2) is 0 Å². The van der Waals surface area contributed by atoms with Crippen molar-refractivity contribution in [3.8, 4) is 5.75 Å². The first-order chi connectivity index (χ1) is 14.9. The molecule has 0 aliphatic carbocycles. The van der Waals surface area contributed by atoms with Gasteiger partial charge >= 0.3 is 0 Å². The molecule has 0 aromatic heterocycles. The van der Waals surface area contributed by atoms with Gasteiger partial charge in [0.25, 0.3) is 0 Å². The van der Waals surface area contributed by atoms with Gasteiger partial charge < -0.3 is 19.4 Å². The molecular weight excluding hydrogens is 394 g/mol. The van der Waals surface area contributed by atoms with E-state index in [4.69, 9.17) is 4.74 Å². The van der Waals surface area contributed by atoms with Gasteiger partial charge in [-0.3, -0.25) is 14.4 Å². The predicted octanol–water partition coefficient (Wildman–Crippen LogP) is 2.71. The van der Waals surface area contributed by atoms with Crippen molar-refractivity contribution in [3.63, 3.8) is 0 Å². The number of nitrogens with zero attached hydrogens (tertiary/aromatic N) is 3. The van der Waals surface area contributed by atoms with Crippen LogP contribution in [0.3, 0.4) is 0 Å². The van der Waals surface area contributed by atoms with Crippen LogP contribution in [0.1, 0.15) is 51.6 Å². The minimum absolute atomic E-state index is 0.0183. The van der Waals surface area contributed by atoms with Gasteiger partial charge in [0, 0.05) is 45.1 Å². The van der Waals surface area contributed by atoms with Gasteiger partial charge in [0.1, 0.15) is 5.75 Å². The second-order valence-electron chi connectivity index (χ2n) is 8.77. The molecule has 2 heterocycles. The fourth-order valence-corrected chi connectivity index (χ4v) is 4.56. The first-order valence-electron chi connectivity index (χ1n) is 11.4. The third kappa shape index (κ3) is 5.02. The molecule has 0 radical (unpaired) electrons. The summed E-state index contributed by atoms with van der Waals surface area (Å²) in [6, 6.07) is 7.43. The number of piperazine rings is 1. The number of unbranched alkanes of at least 4 members (excludes halogenated alkanes) is 1. The largest absolute Gasteiger partial charge is 0.497 e. The van der Waals surface area contributed by atoms with Crippen molar-refractivity contribution >= 4 is 17.7 Å². The number of rotatable bonds is 7. The minimum Gasteiger partial charge on any atom is -0.497 e. The van der Waals surface area contributed by atoms with Gasteiger partial charge in [0.05, 0.1) is 19.1 Å². The van der Waals surface area contributed by atoms with Crippen molar-refractivity contribution in [1.29, 1.82) is 0 Å². The minimum atomic E-state index is -0.398. The molecule has 3 rings (SSSR count). The monoisotopic (exact) mass is 429 g/mol. The summed E-state index contributed by atoms with van der Waals surface area (Å²) in [5, 5.41) is 0. The van der Waals surface area contributed by atoms with E-state index < -0.39 is 5.92 Å². The lowest BCUT2D eigenvalue weighted by Gasteiger charge is -2.38. The van der Waals surface area contributed by atoms with E-state index in [-0.39, 0.29) is 36.1 Å². The van der Waals surface area contributed by atoms with Crippen LogP contribution in [0.15, 0.2) is 24.3 Å². The molecule has 7 nitrogen and oxygen atoms in total. The zero-order chi connectivity index (χ0) is 22.5. The first-order valence-corrected chi connectivity index (χ1v) is 11.4. The van der Waals surface area contributed by atoms with Crippen molar-refractivity contribution in [2.75, 3.05) is 39.8 Å². The molecule has 0 saturated carbocycles. The topological polar surface area (TPSA) is 70.2 Å². The zero-order valence-electron chi connectivity index (χ0n) is 19.2. The molecule has 2 aliphatic heterocycles. The Balaban J connectivity index is 1.78. The summed E-state index contributed by atoms with van der Waals surface area (Å²) in [5.41, 5.74) is 0.967. The van der Waals surface area contributed by atoms with Crippen molar-refractivity contribution < 1.29 is 19.1 Å². The molecule has 2 saturated heterocycles. The van der Waals surface area contributed by atoms with Gasteiger partial charge in [0.2, 0.25) is 17.7 Å². The van der Waals surface area contributed by atoms with E-state index in [2.05, 4.69) is 6.92 Å². The zero-order valence-corrected chi connectivity index (χ0v) is 19.2. The highest BCUT2D eigenvalue weighted by molar-refractivity contribution is 5.90. The Morgan fingerprint density at radius 2 is 1.68 bits per heavy atom. The molecule has 0 bridgehead atoms. The van der Waals surface area contributed by atoms with E-state index in [1.54, 1.807) is 7.11 Å². The summed E-state index contributed by atoms with van der Waals surface area (Å²) in [6.07, 6.45) is 2.14. The summed E-state index contributed by atoms with van der Waals surface area (Å²) in [6.45, 7) is 8.70. The molecule has 1 aromatic rings. The summed E-state index contributed by atoms with van der Waals surface area (Å²) in [5.74, 6) is 0.504. The van der Waals surface area contributed by atoms with Crippen LogP contribution in [0.25, 0.3) is 0 Å². The van der Waals surface area contributed by atoms with Crippen LogP contribution in [0.4, 0.5) is 0 Å². The van der Waals surface area contributed by atoms with Crippen LogP contribution in [-0.2, 0) is 14.4 Å². The number of amides is 3. The Morgan fingerprint density at radius 1 is 1.06 bits per heavy atom. The smallest absolute Gasteiger partial charge is 0.228 e. The number of methoxy groups -OCH3 is 1. The number of benzene rings is 1. The number of hydrogen-bond acceptors (Lipinski definition) is 4. The highest BCUT2D eigenvalue weighted by Gasteiger charge is 2.46. The van der Waals surface area contributed by atoms with Gasteiger partial charge in [-0.2, -0.15) is 0 Å². The quantitative estimate of drug-likeness (QED) is 0.668. The molecule has 31 heavy (non-hydrogen) atoms. The maximum atomic E-state index is 13.5. The van der Waals surface area contributed by atoms with Crippen LogP contribution in [-0.4, -0.2) is 72.3 Å². The van der Waals surface area contributed by atoms with Gasteiger partial charge in [-0.15, -0.1) is 0 Å². The van der Waals surface area contributed by atoms with Gasteiger partial charge in [-0.1, -0.05) is 39.3 Å². The molecular formula is C24H35N3O4. The van der Waals surface area contributed by atoms with Crippen molar-refractivity contribution in [2.24, 2.45) is 11.8 Å². The van der Waals surface area contributed by atoms with Crippen LogP contribution < -0.4 is 4.74 Å². The average Bonchev–Trinajstić information content (AvgIpc) is 3.12. The van der Waals surface area contributed by atoms with E-state index in [1.807, 2.05) is 52.8 Å². The summed E-state index contributed by atoms with van der Waals surface area (Å²) in [4.78, 5) is 44.2. The molecule has 0 spiro atoms. The van der Waals surface area contributed by atoms with Crippen LogP contribution in [0.2, 0.25) is 0 Å². The number of likely N-dealkylation sites (tertiary alicyclic amines) is 1. The number of carbonyl (C=O) groups is 3. The normalized spacial score (nSPS) is 21.7. The maximum absolute atomic E-state index is 13.5.